The zero-order chi connectivity index (χ0) is 24.2. The molecule has 0 aliphatic rings. The van der Waals surface area contributed by atoms with Gasteiger partial charge in [0, 0.05) is 33.1 Å². The third-order valence-electron chi connectivity index (χ3n) is 7.23. The Kier molecular flexibility index (Phi) is 4.52. The number of benzene rings is 5. The molecule has 36 heavy (non-hydrogen) atoms. The number of nitrogens with two attached hydrogens (primary N) is 1. The van der Waals surface area contributed by atoms with Crippen molar-refractivity contribution in [3.63, 3.8) is 0 Å². The van der Waals surface area contributed by atoms with Gasteiger partial charge in [0.2, 0.25) is 0 Å². The number of para-hydroxylation sites is 3. The molecule has 0 bridgehead atoms. The number of hydrogen-bond acceptors (Lipinski definition) is 1. The molecule has 0 atom stereocenters. The zero-order valence-corrected chi connectivity index (χ0v) is 20.0. The van der Waals surface area contributed by atoms with Crippen molar-refractivity contribution in [1.29, 1.82) is 0 Å². The van der Waals surface area contributed by atoms with E-state index in [4.69, 9.17) is 5.73 Å². The third kappa shape index (κ3) is 2.93. The first kappa shape index (κ1) is 20.6. The highest BCUT2D eigenvalue weighted by Gasteiger charge is 2.22. The predicted octanol–water partition coefficient (Wildman–Crippen LogP) is 8.29. The average Bonchev–Trinajstić information content (AvgIpc) is 3.40. The fourth-order valence-corrected chi connectivity index (χ4v) is 5.58. The topological polar surface area (TPSA) is 35.9 Å². The van der Waals surface area contributed by atoms with Crippen molar-refractivity contribution < 1.29 is 0 Å². The number of aromatic nitrogens is 2. The largest absolute Gasteiger partial charge is 0.396 e. The second kappa shape index (κ2) is 7.89. The molecule has 7 rings (SSSR count). The molecule has 0 amide bonds. The van der Waals surface area contributed by atoms with Crippen LogP contribution in [0.5, 0.6) is 0 Å². The number of aryl methyl sites for hydroxylation is 1. The first-order chi connectivity index (χ1) is 17.7. The maximum Gasteiger partial charge on any atom is 0.0773 e. The average molecular weight is 464 g/mol. The van der Waals surface area contributed by atoms with Gasteiger partial charge in [-0.25, -0.2) is 0 Å². The van der Waals surface area contributed by atoms with Crippen molar-refractivity contribution in [3.05, 3.63) is 127 Å². The smallest absolute Gasteiger partial charge is 0.0773 e. The van der Waals surface area contributed by atoms with E-state index in [-0.39, 0.29) is 0 Å². The van der Waals surface area contributed by atoms with Crippen LogP contribution in [-0.4, -0.2) is 9.13 Å². The highest BCUT2D eigenvalue weighted by atomic mass is 15.0. The summed E-state index contributed by atoms with van der Waals surface area (Å²) in [5.41, 5.74) is 16.9. The van der Waals surface area contributed by atoms with Crippen LogP contribution in [0, 0.1) is 6.92 Å². The van der Waals surface area contributed by atoms with E-state index in [0.717, 1.165) is 39.2 Å². The van der Waals surface area contributed by atoms with Gasteiger partial charge >= 0.3 is 0 Å². The summed E-state index contributed by atoms with van der Waals surface area (Å²) >= 11 is 0. The van der Waals surface area contributed by atoms with Crippen LogP contribution in [0.3, 0.4) is 0 Å². The van der Waals surface area contributed by atoms with Crippen LogP contribution in [0.1, 0.15) is 5.56 Å². The van der Waals surface area contributed by atoms with E-state index in [1.54, 1.807) is 0 Å². The van der Waals surface area contributed by atoms with Crippen LogP contribution in [0.4, 0.5) is 5.69 Å². The zero-order valence-electron chi connectivity index (χ0n) is 20.0. The second-order valence-electron chi connectivity index (χ2n) is 9.32. The van der Waals surface area contributed by atoms with E-state index in [0.29, 0.717) is 0 Å². The minimum Gasteiger partial charge on any atom is -0.396 e. The van der Waals surface area contributed by atoms with Crippen molar-refractivity contribution in [3.8, 4) is 22.6 Å². The highest BCUT2D eigenvalue weighted by molar-refractivity contribution is 6.16. The van der Waals surface area contributed by atoms with Gasteiger partial charge < -0.3 is 14.9 Å². The Morgan fingerprint density at radius 3 is 1.81 bits per heavy atom. The van der Waals surface area contributed by atoms with Crippen LogP contribution in [0.25, 0.3) is 55.3 Å². The van der Waals surface area contributed by atoms with Crippen LogP contribution >= 0.6 is 0 Å². The number of hydrogen-bond donors (Lipinski definition) is 1. The van der Waals surface area contributed by atoms with Crippen LogP contribution < -0.4 is 5.73 Å². The molecule has 0 aliphatic heterocycles. The Morgan fingerprint density at radius 1 is 0.500 bits per heavy atom. The summed E-state index contributed by atoms with van der Waals surface area (Å²) in [4.78, 5) is 0. The van der Waals surface area contributed by atoms with E-state index in [1.165, 1.54) is 27.4 Å². The van der Waals surface area contributed by atoms with E-state index >= 15 is 0 Å². The second-order valence-corrected chi connectivity index (χ2v) is 9.32. The van der Waals surface area contributed by atoms with Gasteiger partial charge in [-0.15, -0.1) is 0 Å². The lowest BCUT2D eigenvalue weighted by molar-refractivity contribution is 1.13. The molecule has 0 spiro atoms. The van der Waals surface area contributed by atoms with Crippen LogP contribution in [-0.2, 0) is 0 Å². The normalized spacial score (nSPS) is 11.6. The van der Waals surface area contributed by atoms with Gasteiger partial charge in [0.15, 0.2) is 0 Å². The van der Waals surface area contributed by atoms with Gasteiger partial charge in [-0.2, -0.15) is 0 Å². The Labute approximate surface area is 209 Å². The minimum atomic E-state index is 0.807. The maximum absolute atomic E-state index is 7.00. The number of fused-ring (bicyclic) bond motifs is 4. The Balaban J connectivity index is 1.68. The summed E-state index contributed by atoms with van der Waals surface area (Å²) in [5, 5.41) is 3.50. The van der Waals surface area contributed by atoms with E-state index in [1.807, 2.05) is 0 Å². The minimum absolute atomic E-state index is 0.807. The van der Waals surface area contributed by atoms with Gasteiger partial charge in [-0.1, -0.05) is 78.9 Å². The molecule has 2 heterocycles. The van der Waals surface area contributed by atoms with Crippen molar-refractivity contribution in [2.24, 2.45) is 0 Å². The van der Waals surface area contributed by atoms with Gasteiger partial charge in [0.05, 0.1) is 27.9 Å². The van der Waals surface area contributed by atoms with Crippen molar-refractivity contribution in [2.45, 2.75) is 6.92 Å². The molecule has 0 fully saturated rings. The number of nitrogens with zero attached hydrogens (tertiary/aromatic N) is 2. The van der Waals surface area contributed by atoms with Gasteiger partial charge in [0.25, 0.3) is 0 Å². The first-order valence-corrected chi connectivity index (χ1v) is 12.3. The van der Waals surface area contributed by atoms with E-state index in [2.05, 4.69) is 137 Å². The molecule has 0 saturated carbocycles. The number of nitrogen functional groups attached to an aromatic ring is 1. The summed E-state index contributed by atoms with van der Waals surface area (Å²) < 4.78 is 4.68. The molecule has 0 aliphatic carbocycles. The fourth-order valence-electron chi connectivity index (χ4n) is 5.58. The Hall–Kier alpha value is -4.76. The molecule has 3 heteroatoms. The monoisotopic (exact) mass is 463 g/mol. The van der Waals surface area contributed by atoms with Crippen LogP contribution in [0.2, 0.25) is 0 Å². The fraction of sp³-hybridized carbons (Fsp3) is 0.0303. The molecule has 0 saturated heterocycles. The third-order valence-corrected chi connectivity index (χ3v) is 7.23. The first-order valence-electron chi connectivity index (χ1n) is 12.3. The van der Waals surface area contributed by atoms with Gasteiger partial charge in [-0.05, 0) is 55.0 Å². The molecule has 0 unspecified atom stereocenters. The van der Waals surface area contributed by atoms with E-state index < -0.39 is 0 Å². The summed E-state index contributed by atoms with van der Waals surface area (Å²) in [5.74, 6) is 0. The lowest BCUT2D eigenvalue weighted by Crippen LogP contribution is -1.99. The highest BCUT2D eigenvalue weighted by Crippen LogP contribution is 2.43. The molecule has 3 nitrogen and oxygen atoms in total. The van der Waals surface area contributed by atoms with E-state index in [9.17, 15) is 0 Å². The molecule has 2 N–H and O–H groups in total. The summed E-state index contributed by atoms with van der Waals surface area (Å²) in [6.45, 7) is 2.15. The summed E-state index contributed by atoms with van der Waals surface area (Å²) in [6, 6.07) is 42.8. The maximum atomic E-state index is 7.00. The molecule has 5 aromatic carbocycles. The van der Waals surface area contributed by atoms with Crippen molar-refractivity contribution in [1.82, 2.24) is 9.13 Å². The van der Waals surface area contributed by atoms with Crippen molar-refractivity contribution >= 4 is 38.4 Å². The lowest BCUT2D eigenvalue weighted by atomic mass is 10.0. The molecular weight excluding hydrogens is 438 g/mol. The quantitative estimate of drug-likeness (QED) is 0.281. The predicted molar refractivity (Wildman–Crippen MR) is 152 cm³/mol. The standard InChI is InChI=1S/C33H25N3/c1-22-12-8-9-17-25(22)33-32(34)28-20-27-26-18-10-11-19-29(26)35(23-13-4-2-5-14-23)30(27)21-31(28)36(33)24-15-6-3-7-16-24/h2-21H,34H2,1H3. The van der Waals surface area contributed by atoms with Gasteiger partial charge in [-0.3, -0.25) is 0 Å². The number of anilines is 1. The van der Waals surface area contributed by atoms with Gasteiger partial charge in [0.1, 0.15) is 0 Å². The number of rotatable bonds is 3. The molecule has 7 aromatic rings. The Morgan fingerprint density at radius 2 is 1.08 bits per heavy atom. The molecule has 0 radical (unpaired) electrons. The lowest BCUT2D eigenvalue weighted by Gasteiger charge is -2.14. The van der Waals surface area contributed by atoms with Crippen LogP contribution in [0.15, 0.2) is 121 Å². The molecule has 172 valence electrons. The Bertz CT molecular complexity index is 1890. The van der Waals surface area contributed by atoms with Crippen molar-refractivity contribution in [2.75, 3.05) is 5.73 Å². The molecule has 2 aromatic heterocycles. The SMILES string of the molecule is Cc1ccccc1-c1c(N)c2cc3c4ccccc4n(-c4ccccc4)c3cc2n1-c1ccccc1. The summed E-state index contributed by atoms with van der Waals surface area (Å²) in [6.07, 6.45) is 0. The summed E-state index contributed by atoms with van der Waals surface area (Å²) in [7, 11) is 0. The molecular formula is C33H25N3.